The van der Waals surface area contributed by atoms with Crippen LogP contribution in [-0.4, -0.2) is 24.4 Å². The molecule has 1 aromatic rings. The summed E-state index contributed by atoms with van der Waals surface area (Å²) in [5, 5.41) is 6.56. The van der Waals surface area contributed by atoms with E-state index in [0.29, 0.717) is 25.8 Å². The second kappa shape index (κ2) is 8.18. The Morgan fingerprint density at radius 1 is 1.32 bits per heavy atom. The van der Waals surface area contributed by atoms with Gasteiger partial charge in [0.25, 0.3) is 0 Å². The van der Waals surface area contributed by atoms with Gasteiger partial charge in [0.05, 0.1) is 0 Å². The van der Waals surface area contributed by atoms with Crippen LogP contribution < -0.4 is 10.6 Å². The molecule has 0 heterocycles. The Balaban J connectivity index is 1.61. The van der Waals surface area contributed by atoms with Gasteiger partial charge in [0.1, 0.15) is 0 Å². The van der Waals surface area contributed by atoms with Gasteiger partial charge in [-0.25, -0.2) is 0 Å². The molecule has 0 spiro atoms. The van der Waals surface area contributed by atoms with Gasteiger partial charge in [0.15, 0.2) is 0 Å². The van der Waals surface area contributed by atoms with Gasteiger partial charge < -0.3 is 10.6 Å². The van der Waals surface area contributed by atoms with Crippen LogP contribution in [-0.2, 0) is 16.0 Å². The van der Waals surface area contributed by atoms with E-state index in [0.717, 1.165) is 23.4 Å². The van der Waals surface area contributed by atoms with Gasteiger partial charge in [-0.1, -0.05) is 29.8 Å². The van der Waals surface area contributed by atoms with E-state index >= 15 is 0 Å². The van der Waals surface area contributed by atoms with Crippen molar-refractivity contribution in [2.45, 2.75) is 45.1 Å². The SMILES string of the molecule is C[C@@H](Cc1ccccc1Cl)NC(=O)CCCNC(=O)C1CC1. The molecule has 0 saturated heterocycles. The molecule has 2 amide bonds. The van der Waals surface area contributed by atoms with E-state index in [9.17, 15) is 9.59 Å². The second-order valence-electron chi connectivity index (χ2n) is 5.93. The number of hydrogen-bond acceptors (Lipinski definition) is 2. The van der Waals surface area contributed by atoms with Gasteiger partial charge in [-0.15, -0.1) is 0 Å². The molecule has 0 aliphatic heterocycles. The Bertz CT molecular complexity index is 529. The number of amides is 2. The molecule has 2 rings (SSSR count). The van der Waals surface area contributed by atoms with Gasteiger partial charge in [-0.3, -0.25) is 9.59 Å². The Labute approximate surface area is 136 Å². The highest BCUT2D eigenvalue weighted by molar-refractivity contribution is 6.31. The van der Waals surface area contributed by atoms with Crippen LogP contribution in [0.3, 0.4) is 0 Å². The maximum atomic E-state index is 11.9. The summed E-state index contributed by atoms with van der Waals surface area (Å²) >= 11 is 6.11. The fraction of sp³-hybridized carbons (Fsp3) is 0.529. The first kappa shape index (κ1) is 16.8. The topological polar surface area (TPSA) is 58.2 Å². The second-order valence-corrected chi connectivity index (χ2v) is 6.34. The number of rotatable bonds is 8. The first-order valence-electron chi connectivity index (χ1n) is 7.86. The summed E-state index contributed by atoms with van der Waals surface area (Å²) in [6.07, 6.45) is 3.82. The first-order valence-corrected chi connectivity index (χ1v) is 8.24. The molecule has 2 N–H and O–H groups in total. The van der Waals surface area contributed by atoms with Gasteiger partial charge in [0, 0.05) is 29.9 Å². The van der Waals surface area contributed by atoms with Crippen LogP contribution in [0.25, 0.3) is 0 Å². The van der Waals surface area contributed by atoms with Gasteiger partial charge >= 0.3 is 0 Å². The molecule has 1 atom stereocenters. The Morgan fingerprint density at radius 2 is 2.05 bits per heavy atom. The monoisotopic (exact) mass is 322 g/mol. The largest absolute Gasteiger partial charge is 0.356 e. The fourth-order valence-electron chi connectivity index (χ4n) is 2.34. The van der Waals surface area contributed by atoms with Crippen LogP contribution in [0.5, 0.6) is 0 Å². The van der Waals surface area contributed by atoms with Gasteiger partial charge in [-0.05, 0) is 44.2 Å². The minimum absolute atomic E-state index is 0.0141. The van der Waals surface area contributed by atoms with E-state index in [1.165, 1.54) is 0 Å². The van der Waals surface area contributed by atoms with E-state index in [1.54, 1.807) is 0 Å². The Kier molecular flexibility index (Phi) is 6.25. The summed E-state index contributed by atoms with van der Waals surface area (Å²) in [5.74, 6) is 0.372. The minimum atomic E-state index is 0.0141. The Morgan fingerprint density at radius 3 is 2.73 bits per heavy atom. The van der Waals surface area contributed by atoms with Crippen molar-refractivity contribution in [2.75, 3.05) is 6.54 Å². The molecule has 5 heteroatoms. The zero-order chi connectivity index (χ0) is 15.9. The predicted molar refractivity (Wildman–Crippen MR) is 87.7 cm³/mol. The van der Waals surface area contributed by atoms with E-state index in [2.05, 4.69) is 10.6 Å². The number of nitrogens with one attached hydrogen (secondary N) is 2. The van der Waals surface area contributed by atoms with Crippen molar-refractivity contribution in [1.29, 1.82) is 0 Å². The average molecular weight is 323 g/mol. The van der Waals surface area contributed by atoms with E-state index in [-0.39, 0.29) is 23.8 Å². The zero-order valence-corrected chi connectivity index (χ0v) is 13.7. The summed E-state index contributed by atoms with van der Waals surface area (Å²) < 4.78 is 0. The fourth-order valence-corrected chi connectivity index (χ4v) is 2.56. The Hall–Kier alpha value is -1.55. The van der Waals surface area contributed by atoms with Crippen LogP contribution in [0.15, 0.2) is 24.3 Å². The number of carbonyl (C=O) groups excluding carboxylic acids is 2. The van der Waals surface area contributed by atoms with Crippen molar-refractivity contribution >= 4 is 23.4 Å². The van der Waals surface area contributed by atoms with Crippen LogP contribution in [0, 0.1) is 5.92 Å². The van der Waals surface area contributed by atoms with Crippen LogP contribution >= 0.6 is 11.6 Å². The highest BCUT2D eigenvalue weighted by Gasteiger charge is 2.28. The predicted octanol–water partition coefficient (Wildman–Crippen LogP) is 2.69. The van der Waals surface area contributed by atoms with Crippen LogP contribution in [0.2, 0.25) is 5.02 Å². The highest BCUT2D eigenvalue weighted by Crippen LogP contribution is 2.28. The molecule has 1 fully saturated rings. The summed E-state index contributed by atoms with van der Waals surface area (Å²) in [5.41, 5.74) is 1.04. The van der Waals surface area contributed by atoms with Gasteiger partial charge in [0.2, 0.25) is 11.8 Å². The standard InChI is InChI=1S/C17H23ClN2O2/c1-12(11-14-5-2-3-6-15(14)18)20-16(21)7-4-10-19-17(22)13-8-9-13/h2-3,5-6,12-13H,4,7-11H2,1H3,(H,19,22)(H,20,21)/t12-/m0/s1. The summed E-state index contributed by atoms with van der Waals surface area (Å²) in [7, 11) is 0. The smallest absolute Gasteiger partial charge is 0.223 e. The number of carbonyl (C=O) groups is 2. The van der Waals surface area contributed by atoms with Crippen molar-refractivity contribution in [1.82, 2.24) is 10.6 Å². The third-order valence-corrected chi connectivity index (χ3v) is 4.09. The average Bonchev–Trinajstić information content (AvgIpc) is 3.30. The third-order valence-electron chi connectivity index (χ3n) is 3.72. The lowest BCUT2D eigenvalue weighted by Gasteiger charge is -2.15. The molecule has 1 saturated carbocycles. The molecule has 0 unspecified atom stereocenters. The molecular weight excluding hydrogens is 300 g/mol. The summed E-state index contributed by atoms with van der Waals surface area (Å²) in [4.78, 5) is 23.3. The zero-order valence-electron chi connectivity index (χ0n) is 12.9. The van der Waals surface area contributed by atoms with Gasteiger partial charge in [-0.2, -0.15) is 0 Å². The molecule has 0 radical (unpaired) electrons. The van der Waals surface area contributed by atoms with E-state index in [1.807, 2.05) is 31.2 Å². The lowest BCUT2D eigenvalue weighted by atomic mass is 10.1. The van der Waals surface area contributed by atoms with E-state index < -0.39 is 0 Å². The molecular formula is C17H23ClN2O2. The lowest BCUT2D eigenvalue weighted by Crippen LogP contribution is -2.34. The molecule has 1 aliphatic rings. The van der Waals surface area contributed by atoms with Crippen molar-refractivity contribution in [3.05, 3.63) is 34.9 Å². The van der Waals surface area contributed by atoms with Crippen LogP contribution in [0.1, 0.15) is 38.2 Å². The van der Waals surface area contributed by atoms with Crippen molar-refractivity contribution < 1.29 is 9.59 Å². The molecule has 120 valence electrons. The normalized spacial score (nSPS) is 15.2. The number of halogens is 1. The minimum Gasteiger partial charge on any atom is -0.356 e. The lowest BCUT2D eigenvalue weighted by molar-refractivity contribution is -0.123. The molecule has 1 aromatic carbocycles. The van der Waals surface area contributed by atoms with E-state index in [4.69, 9.17) is 11.6 Å². The number of hydrogen-bond donors (Lipinski definition) is 2. The summed E-state index contributed by atoms with van der Waals surface area (Å²) in [6.45, 7) is 2.54. The molecule has 1 aliphatic carbocycles. The molecule has 0 aromatic heterocycles. The third kappa shape index (κ3) is 5.68. The quantitative estimate of drug-likeness (QED) is 0.723. The highest BCUT2D eigenvalue weighted by atomic mass is 35.5. The van der Waals surface area contributed by atoms with Crippen LogP contribution in [0.4, 0.5) is 0 Å². The van der Waals surface area contributed by atoms with Crippen molar-refractivity contribution in [3.8, 4) is 0 Å². The number of benzene rings is 1. The molecule has 4 nitrogen and oxygen atoms in total. The molecule has 0 bridgehead atoms. The van der Waals surface area contributed by atoms with Crippen molar-refractivity contribution in [2.24, 2.45) is 5.92 Å². The summed E-state index contributed by atoms with van der Waals surface area (Å²) in [6, 6.07) is 7.70. The maximum absolute atomic E-state index is 11.9. The maximum Gasteiger partial charge on any atom is 0.223 e. The first-order chi connectivity index (χ1) is 10.6. The van der Waals surface area contributed by atoms with Crippen molar-refractivity contribution in [3.63, 3.8) is 0 Å². The molecule has 22 heavy (non-hydrogen) atoms.